The predicted octanol–water partition coefficient (Wildman–Crippen LogP) is 2.72. The average Bonchev–Trinajstić information content (AvgIpc) is 2.94. The highest BCUT2D eigenvalue weighted by Gasteiger charge is 2.08. The van der Waals surface area contributed by atoms with E-state index in [0.29, 0.717) is 17.6 Å². The summed E-state index contributed by atoms with van der Waals surface area (Å²) in [5.41, 5.74) is 1.28. The Balaban J connectivity index is 1.75. The number of hydrogen-bond donors (Lipinski definition) is 1. The molecule has 1 unspecified atom stereocenters. The van der Waals surface area contributed by atoms with Gasteiger partial charge in [-0.05, 0) is 23.7 Å². The van der Waals surface area contributed by atoms with Gasteiger partial charge in [0.2, 0.25) is 5.89 Å². The fourth-order valence-corrected chi connectivity index (χ4v) is 2.67. The van der Waals surface area contributed by atoms with Crippen molar-refractivity contribution in [2.24, 2.45) is 5.92 Å². The lowest BCUT2D eigenvalue weighted by Crippen LogP contribution is -2.03. The summed E-state index contributed by atoms with van der Waals surface area (Å²) >= 11 is 1.71. The smallest absolute Gasteiger partial charge is 0.236 e. The van der Waals surface area contributed by atoms with Crippen LogP contribution < -0.4 is 0 Å². The maximum atomic E-state index is 8.95. The van der Waals surface area contributed by atoms with Gasteiger partial charge in [-0.1, -0.05) is 42.4 Å². The molecule has 1 N–H and O–H groups in total. The van der Waals surface area contributed by atoms with Gasteiger partial charge >= 0.3 is 0 Å². The molecule has 0 saturated heterocycles. The van der Waals surface area contributed by atoms with E-state index >= 15 is 0 Å². The van der Waals surface area contributed by atoms with Gasteiger partial charge in [0.25, 0.3) is 0 Å². The van der Waals surface area contributed by atoms with Crippen molar-refractivity contribution in [3.63, 3.8) is 0 Å². The molecule has 0 amide bonds. The Morgan fingerprint density at radius 1 is 1.25 bits per heavy atom. The molecule has 2 rings (SSSR count). The van der Waals surface area contributed by atoms with Gasteiger partial charge in [0.1, 0.15) is 0 Å². The van der Waals surface area contributed by atoms with Gasteiger partial charge < -0.3 is 9.63 Å². The molecule has 1 aromatic heterocycles. The highest BCUT2D eigenvalue weighted by atomic mass is 32.2. The Hall–Kier alpha value is -1.33. The van der Waals surface area contributed by atoms with Crippen LogP contribution in [-0.4, -0.2) is 27.6 Å². The van der Waals surface area contributed by atoms with E-state index in [1.807, 2.05) is 25.1 Å². The first-order valence-electron chi connectivity index (χ1n) is 6.82. The third-order valence-corrected chi connectivity index (χ3v) is 4.19. The zero-order valence-electron chi connectivity index (χ0n) is 11.7. The second-order valence-electron chi connectivity index (χ2n) is 4.89. The van der Waals surface area contributed by atoms with Crippen LogP contribution in [0.25, 0.3) is 0 Å². The molecular formula is C15H20N2O2S. The summed E-state index contributed by atoms with van der Waals surface area (Å²) in [5, 5.41) is 12.9. The number of nitrogens with zero attached hydrogens (tertiary/aromatic N) is 2. The summed E-state index contributed by atoms with van der Waals surface area (Å²) in [5.74, 6) is 3.35. The molecule has 0 spiro atoms. The Labute approximate surface area is 123 Å². The minimum Gasteiger partial charge on any atom is -0.396 e. The number of aliphatic hydroxyl groups excluding tert-OH is 1. The molecule has 20 heavy (non-hydrogen) atoms. The first-order chi connectivity index (χ1) is 9.78. The minimum absolute atomic E-state index is 0.221. The van der Waals surface area contributed by atoms with Gasteiger partial charge in [-0.15, -0.1) is 0 Å². The highest BCUT2D eigenvalue weighted by molar-refractivity contribution is 7.98. The normalized spacial score (nSPS) is 12.5. The van der Waals surface area contributed by atoms with E-state index < -0.39 is 0 Å². The van der Waals surface area contributed by atoms with E-state index in [0.717, 1.165) is 24.4 Å². The van der Waals surface area contributed by atoms with Crippen molar-refractivity contribution in [1.29, 1.82) is 0 Å². The van der Waals surface area contributed by atoms with Crippen molar-refractivity contribution >= 4 is 11.8 Å². The zero-order chi connectivity index (χ0) is 14.2. The lowest BCUT2D eigenvalue weighted by atomic mass is 10.1. The molecule has 1 heterocycles. The predicted molar refractivity (Wildman–Crippen MR) is 80.6 cm³/mol. The van der Waals surface area contributed by atoms with Gasteiger partial charge in [-0.3, -0.25) is 0 Å². The van der Waals surface area contributed by atoms with Crippen LogP contribution in [0.3, 0.4) is 0 Å². The number of aliphatic hydroxyl groups is 1. The molecule has 4 nitrogen and oxygen atoms in total. The minimum atomic E-state index is 0.221. The number of hydrogen-bond acceptors (Lipinski definition) is 5. The second kappa shape index (κ2) is 8.07. The van der Waals surface area contributed by atoms with Gasteiger partial charge in [0.05, 0.1) is 5.75 Å². The lowest BCUT2D eigenvalue weighted by molar-refractivity contribution is 0.250. The van der Waals surface area contributed by atoms with Crippen molar-refractivity contribution in [3.8, 4) is 0 Å². The van der Waals surface area contributed by atoms with Crippen molar-refractivity contribution in [1.82, 2.24) is 10.1 Å². The molecule has 108 valence electrons. The van der Waals surface area contributed by atoms with Crippen molar-refractivity contribution in [2.45, 2.75) is 25.5 Å². The van der Waals surface area contributed by atoms with Gasteiger partial charge in [-0.2, -0.15) is 16.7 Å². The topological polar surface area (TPSA) is 59.2 Å². The fourth-order valence-electron chi connectivity index (χ4n) is 1.75. The first-order valence-corrected chi connectivity index (χ1v) is 7.97. The van der Waals surface area contributed by atoms with Gasteiger partial charge in [0.15, 0.2) is 5.82 Å². The molecule has 0 radical (unpaired) electrons. The summed E-state index contributed by atoms with van der Waals surface area (Å²) in [6.45, 7) is 2.24. The van der Waals surface area contributed by atoms with Crippen LogP contribution in [0.5, 0.6) is 0 Å². The van der Waals surface area contributed by atoms with Gasteiger partial charge in [0, 0.05) is 13.0 Å². The molecule has 0 aliphatic heterocycles. The molecule has 2 aromatic rings. The Kier molecular flexibility index (Phi) is 6.08. The number of thioether (sulfide) groups is 1. The molecule has 0 fully saturated rings. The molecule has 1 aromatic carbocycles. The van der Waals surface area contributed by atoms with E-state index in [4.69, 9.17) is 9.63 Å². The Bertz CT molecular complexity index is 502. The summed E-state index contributed by atoms with van der Waals surface area (Å²) in [7, 11) is 0. The molecule has 0 saturated carbocycles. The maximum Gasteiger partial charge on any atom is 0.236 e. The van der Waals surface area contributed by atoms with Crippen molar-refractivity contribution < 1.29 is 9.63 Å². The van der Waals surface area contributed by atoms with Crippen LogP contribution in [-0.2, 0) is 18.6 Å². The van der Waals surface area contributed by atoms with Crippen LogP contribution in [0.2, 0.25) is 0 Å². The monoisotopic (exact) mass is 292 g/mol. The number of rotatable bonds is 8. The van der Waals surface area contributed by atoms with Gasteiger partial charge in [-0.25, -0.2) is 0 Å². The summed E-state index contributed by atoms with van der Waals surface area (Å²) in [6.07, 6.45) is 1.72. The fraction of sp³-hybridized carbons (Fsp3) is 0.467. The largest absolute Gasteiger partial charge is 0.396 e. The van der Waals surface area contributed by atoms with Crippen molar-refractivity contribution in [2.75, 3.05) is 12.4 Å². The lowest BCUT2D eigenvalue weighted by Gasteiger charge is -2.04. The second-order valence-corrected chi connectivity index (χ2v) is 5.92. The Morgan fingerprint density at radius 2 is 2.05 bits per heavy atom. The quantitative estimate of drug-likeness (QED) is 0.810. The van der Waals surface area contributed by atoms with E-state index in [9.17, 15) is 0 Å². The van der Waals surface area contributed by atoms with Crippen LogP contribution in [0.4, 0.5) is 0 Å². The van der Waals surface area contributed by atoms with Crippen LogP contribution in [0.1, 0.15) is 24.2 Å². The summed E-state index contributed by atoms with van der Waals surface area (Å²) in [6, 6.07) is 10.3. The van der Waals surface area contributed by atoms with E-state index in [2.05, 4.69) is 22.3 Å². The third kappa shape index (κ3) is 4.98. The Morgan fingerprint density at radius 3 is 2.80 bits per heavy atom. The molecular weight excluding hydrogens is 272 g/mol. The van der Waals surface area contributed by atoms with E-state index in [1.54, 1.807) is 11.8 Å². The average molecular weight is 292 g/mol. The molecule has 0 aliphatic carbocycles. The standard InChI is InChI=1S/C15H20N2O2S/c1-12(9-18)10-20-11-15-16-14(17-19-15)8-7-13-5-3-2-4-6-13/h2-6,12,18H,7-11H2,1H3. The summed E-state index contributed by atoms with van der Waals surface area (Å²) in [4.78, 5) is 4.39. The highest BCUT2D eigenvalue weighted by Crippen LogP contribution is 2.14. The zero-order valence-corrected chi connectivity index (χ0v) is 12.5. The third-order valence-electron chi connectivity index (χ3n) is 2.93. The van der Waals surface area contributed by atoms with E-state index in [1.165, 1.54) is 5.56 Å². The number of aromatic nitrogens is 2. The summed E-state index contributed by atoms with van der Waals surface area (Å²) < 4.78 is 5.22. The number of benzene rings is 1. The van der Waals surface area contributed by atoms with Crippen LogP contribution in [0.15, 0.2) is 34.9 Å². The SMILES string of the molecule is CC(CO)CSCc1nc(CCc2ccccc2)no1. The molecule has 5 heteroatoms. The molecule has 0 bridgehead atoms. The first kappa shape index (κ1) is 15.1. The van der Waals surface area contributed by atoms with Crippen molar-refractivity contribution in [3.05, 3.63) is 47.6 Å². The van der Waals surface area contributed by atoms with Crippen LogP contribution >= 0.6 is 11.8 Å². The molecule has 0 aliphatic rings. The van der Waals surface area contributed by atoms with Crippen LogP contribution in [0, 0.1) is 5.92 Å². The maximum absolute atomic E-state index is 8.95. The van der Waals surface area contributed by atoms with E-state index in [-0.39, 0.29) is 6.61 Å². The molecule has 1 atom stereocenters. The number of aryl methyl sites for hydroxylation is 2.